The molecule has 2 fully saturated rings. The smallest absolute Gasteiger partial charge is 0.274 e. The van der Waals surface area contributed by atoms with Crippen LogP contribution in [-0.4, -0.2) is 70.6 Å². The van der Waals surface area contributed by atoms with E-state index in [1.165, 1.54) is 0 Å². The summed E-state index contributed by atoms with van der Waals surface area (Å²) in [6.07, 6.45) is 3.93. The molecule has 0 radical (unpaired) electrons. The van der Waals surface area contributed by atoms with E-state index in [4.69, 9.17) is 4.74 Å². The van der Waals surface area contributed by atoms with Gasteiger partial charge in [0.05, 0.1) is 29.9 Å². The van der Waals surface area contributed by atoms with Gasteiger partial charge in [-0.3, -0.25) is 14.7 Å². The fraction of sp³-hybridized carbons (Fsp3) is 0.526. The van der Waals surface area contributed by atoms with Gasteiger partial charge in [-0.15, -0.1) is 0 Å². The summed E-state index contributed by atoms with van der Waals surface area (Å²) in [4.78, 5) is 26.1. The Balaban J connectivity index is 1.40. The maximum absolute atomic E-state index is 12.8. The van der Waals surface area contributed by atoms with E-state index in [0.29, 0.717) is 17.8 Å². The highest BCUT2D eigenvalue weighted by molar-refractivity contribution is 5.93. The summed E-state index contributed by atoms with van der Waals surface area (Å²) in [6.45, 7) is 6.50. The van der Waals surface area contributed by atoms with Gasteiger partial charge in [0.15, 0.2) is 0 Å². The number of nitrogens with zero attached hydrogens (tertiary/aromatic N) is 4. The Morgan fingerprint density at radius 3 is 2.68 bits per heavy atom. The summed E-state index contributed by atoms with van der Waals surface area (Å²) in [5.74, 6) is -0.00736. The second-order valence-electron chi connectivity index (χ2n) is 6.94. The van der Waals surface area contributed by atoms with Crippen molar-refractivity contribution in [1.82, 2.24) is 19.8 Å². The molecule has 1 aromatic heterocycles. The van der Waals surface area contributed by atoms with Crippen LogP contribution in [0.1, 0.15) is 30.3 Å². The predicted octanol–water partition coefficient (Wildman–Crippen LogP) is 1.96. The Morgan fingerprint density at radius 1 is 1.16 bits per heavy atom. The Bertz CT molecular complexity index is 758. The van der Waals surface area contributed by atoms with Crippen molar-refractivity contribution in [1.29, 1.82) is 0 Å². The van der Waals surface area contributed by atoms with Crippen molar-refractivity contribution in [2.75, 3.05) is 32.8 Å². The molecule has 2 saturated heterocycles. The maximum atomic E-state index is 12.8. The molecule has 3 heterocycles. The van der Waals surface area contributed by atoms with Crippen LogP contribution in [0.5, 0.6) is 0 Å². The molecule has 1 amide bonds. The molecule has 0 N–H and O–H groups in total. The van der Waals surface area contributed by atoms with E-state index in [1.807, 2.05) is 29.2 Å². The van der Waals surface area contributed by atoms with E-state index in [0.717, 1.165) is 56.7 Å². The summed E-state index contributed by atoms with van der Waals surface area (Å²) in [6, 6.07) is 8.20. The second kappa shape index (κ2) is 7.06. The number of hydrogen-bond acceptors (Lipinski definition) is 5. The number of benzene rings is 1. The Morgan fingerprint density at radius 2 is 1.92 bits per heavy atom. The average Bonchev–Trinajstić information content (AvgIpc) is 2.67. The molecule has 4 rings (SSSR count). The lowest BCUT2D eigenvalue weighted by Crippen LogP contribution is -2.51. The highest BCUT2D eigenvalue weighted by Crippen LogP contribution is 2.20. The molecule has 0 saturated carbocycles. The lowest BCUT2D eigenvalue weighted by Gasteiger charge is -2.41. The van der Waals surface area contributed by atoms with Crippen molar-refractivity contribution in [3.8, 4) is 0 Å². The van der Waals surface area contributed by atoms with Crippen molar-refractivity contribution in [3.63, 3.8) is 0 Å². The highest BCUT2D eigenvalue weighted by atomic mass is 16.5. The first kappa shape index (κ1) is 16.4. The van der Waals surface area contributed by atoms with Crippen molar-refractivity contribution in [3.05, 3.63) is 36.2 Å². The monoisotopic (exact) mass is 340 g/mol. The zero-order valence-electron chi connectivity index (χ0n) is 14.6. The molecular formula is C19H24N4O2. The molecule has 0 bridgehead atoms. The van der Waals surface area contributed by atoms with Gasteiger partial charge < -0.3 is 9.64 Å². The summed E-state index contributed by atoms with van der Waals surface area (Å²) in [5, 5.41) is 0. The summed E-state index contributed by atoms with van der Waals surface area (Å²) in [7, 11) is 0. The van der Waals surface area contributed by atoms with E-state index < -0.39 is 0 Å². The lowest BCUT2D eigenvalue weighted by atomic mass is 10.0. The van der Waals surface area contributed by atoms with Crippen molar-refractivity contribution >= 4 is 16.9 Å². The zero-order chi connectivity index (χ0) is 17.2. The van der Waals surface area contributed by atoms with Gasteiger partial charge in [-0.1, -0.05) is 12.1 Å². The molecule has 6 nitrogen and oxygen atoms in total. The Kier molecular flexibility index (Phi) is 4.63. The number of amides is 1. The first-order valence-electron chi connectivity index (χ1n) is 9.07. The number of hydrogen-bond donors (Lipinski definition) is 0. The van der Waals surface area contributed by atoms with E-state index in [9.17, 15) is 4.79 Å². The van der Waals surface area contributed by atoms with E-state index in [2.05, 4.69) is 21.8 Å². The minimum atomic E-state index is -0.00736. The summed E-state index contributed by atoms with van der Waals surface area (Å²) >= 11 is 0. The lowest BCUT2D eigenvalue weighted by molar-refractivity contribution is -0.0424. The van der Waals surface area contributed by atoms with Gasteiger partial charge in [-0.05, 0) is 31.9 Å². The van der Waals surface area contributed by atoms with Gasteiger partial charge in [0.1, 0.15) is 5.69 Å². The van der Waals surface area contributed by atoms with Gasteiger partial charge in [-0.25, -0.2) is 4.98 Å². The maximum Gasteiger partial charge on any atom is 0.274 e. The van der Waals surface area contributed by atoms with Crippen molar-refractivity contribution in [2.24, 2.45) is 0 Å². The number of carbonyl (C=O) groups excluding carboxylic acids is 1. The third-order valence-electron chi connectivity index (χ3n) is 5.21. The van der Waals surface area contributed by atoms with E-state index >= 15 is 0 Å². The van der Waals surface area contributed by atoms with Crippen LogP contribution in [0.3, 0.4) is 0 Å². The number of ether oxygens (including phenoxy) is 1. The molecule has 1 atom stereocenters. The molecule has 2 aromatic rings. The molecule has 6 heteroatoms. The largest absolute Gasteiger partial charge is 0.376 e. The first-order chi connectivity index (χ1) is 12.2. The number of para-hydroxylation sites is 2. The number of aromatic nitrogens is 2. The molecule has 132 valence electrons. The van der Waals surface area contributed by atoms with Crippen LogP contribution < -0.4 is 0 Å². The van der Waals surface area contributed by atoms with E-state index in [1.54, 1.807) is 6.20 Å². The van der Waals surface area contributed by atoms with Crippen LogP contribution in [-0.2, 0) is 4.74 Å². The fourth-order valence-electron chi connectivity index (χ4n) is 3.83. The molecule has 25 heavy (non-hydrogen) atoms. The van der Waals surface area contributed by atoms with Gasteiger partial charge in [0.2, 0.25) is 0 Å². The van der Waals surface area contributed by atoms with Crippen LogP contribution in [0.4, 0.5) is 0 Å². The van der Waals surface area contributed by atoms with E-state index in [-0.39, 0.29) is 5.91 Å². The first-order valence-corrected chi connectivity index (χ1v) is 9.07. The summed E-state index contributed by atoms with van der Waals surface area (Å²) < 4.78 is 5.63. The normalized spacial score (nSPS) is 23.1. The predicted molar refractivity (Wildman–Crippen MR) is 95.5 cm³/mol. The fourth-order valence-corrected chi connectivity index (χ4v) is 3.83. The van der Waals surface area contributed by atoms with Crippen LogP contribution in [0.25, 0.3) is 11.0 Å². The summed E-state index contributed by atoms with van der Waals surface area (Å²) in [5.41, 5.74) is 2.03. The van der Waals surface area contributed by atoms with Gasteiger partial charge in [-0.2, -0.15) is 0 Å². The molecule has 2 aliphatic heterocycles. The highest BCUT2D eigenvalue weighted by Gasteiger charge is 2.30. The molecule has 0 aliphatic carbocycles. The minimum absolute atomic E-state index is 0.00736. The average molecular weight is 340 g/mol. The standard InChI is InChI=1S/C19H24N4O2/c1-14-13-23(10-11-25-14)15-6-8-22(9-7-15)19(24)18-12-20-16-4-2-3-5-17(16)21-18/h2-5,12,14-15H,6-11,13H2,1H3/t14-/m0/s1. The SMILES string of the molecule is C[C@H]1CN(C2CCN(C(=O)c3cnc4ccccc4n3)CC2)CCO1. The molecule has 0 unspecified atom stereocenters. The molecular weight excluding hydrogens is 316 g/mol. The number of fused-ring (bicyclic) bond motifs is 1. The molecule has 2 aliphatic rings. The van der Waals surface area contributed by atoms with Crippen LogP contribution in [0.2, 0.25) is 0 Å². The number of morpholine rings is 1. The number of piperidine rings is 1. The zero-order valence-corrected chi connectivity index (χ0v) is 14.6. The number of likely N-dealkylation sites (tertiary alicyclic amines) is 1. The number of carbonyl (C=O) groups is 1. The van der Waals surface area contributed by atoms with Crippen molar-refractivity contribution < 1.29 is 9.53 Å². The third-order valence-corrected chi connectivity index (χ3v) is 5.21. The van der Waals surface area contributed by atoms with Gasteiger partial charge >= 0.3 is 0 Å². The Labute approximate surface area is 147 Å². The minimum Gasteiger partial charge on any atom is -0.376 e. The third kappa shape index (κ3) is 3.50. The van der Waals surface area contributed by atoms with Gasteiger partial charge in [0, 0.05) is 32.2 Å². The number of rotatable bonds is 2. The molecule has 0 spiro atoms. The van der Waals surface area contributed by atoms with Crippen LogP contribution in [0, 0.1) is 0 Å². The Hall–Kier alpha value is -2.05. The van der Waals surface area contributed by atoms with Gasteiger partial charge in [0.25, 0.3) is 5.91 Å². The van der Waals surface area contributed by atoms with Crippen molar-refractivity contribution in [2.45, 2.75) is 31.9 Å². The quantitative estimate of drug-likeness (QED) is 0.836. The molecule has 1 aromatic carbocycles. The van der Waals surface area contributed by atoms with Crippen LogP contribution >= 0.6 is 0 Å². The second-order valence-corrected chi connectivity index (χ2v) is 6.94. The topological polar surface area (TPSA) is 58.6 Å². The van der Waals surface area contributed by atoms with Crippen LogP contribution in [0.15, 0.2) is 30.5 Å².